The number of aryl methyl sites for hydroxylation is 1. The molecule has 6 heteroatoms. The Balaban J connectivity index is 0.000000187. The van der Waals surface area contributed by atoms with Gasteiger partial charge in [0, 0.05) is 37.2 Å². The number of rotatable bonds is 3. The maximum atomic E-state index is 4.64. The molecule has 4 aromatic carbocycles. The van der Waals surface area contributed by atoms with Crippen LogP contribution in [0.4, 0.5) is 0 Å². The van der Waals surface area contributed by atoms with E-state index in [4.69, 9.17) is 0 Å². The smallest absolute Gasteiger partial charge is 0.113 e. The Morgan fingerprint density at radius 3 is 2.22 bits per heavy atom. The molecule has 0 saturated carbocycles. The molecule has 0 bridgehead atoms. The van der Waals surface area contributed by atoms with E-state index in [9.17, 15) is 0 Å². The fourth-order valence-corrected chi connectivity index (χ4v) is 12.0. The Kier molecular flexibility index (Phi) is 8.87. The molecule has 0 aliphatic carbocycles. The van der Waals surface area contributed by atoms with Gasteiger partial charge < -0.3 is 9.97 Å². The third-order valence-corrected chi connectivity index (χ3v) is 15.8. The molecule has 0 spiro atoms. The van der Waals surface area contributed by atoms with Crippen molar-refractivity contribution in [1.29, 1.82) is 0 Å². The Hall–Kier alpha value is -3.52. The van der Waals surface area contributed by atoms with Crippen LogP contribution in [0.25, 0.3) is 53.8 Å². The first kappa shape index (κ1) is 32.4. The third-order valence-electron chi connectivity index (χ3n) is 8.93. The summed E-state index contributed by atoms with van der Waals surface area (Å²) in [5, 5.41) is 7.19. The zero-order chi connectivity index (χ0) is 31.3. The maximum absolute atomic E-state index is 4.64. The van der Waals surface area contributed by atoms with Gasteiger partial charge in [-0.1, -0.05) is 98.3 Å². The number of hydrogen-bond donors (Lipinski definition) is 0. The Bertz CT molecular complexity index is 2180. The molecule has 3 aromatic heterocycles. The Morgan fingerprint density at radius 1 is 0.717 bits per heavy atom. The minimum atomic E-state index is -1.65. The van der Waals surface area contributed by atoms with Crippen molar-refractivity contribution in [3.05, 3.63) is 127 Å². The van der Waals surface area contributed by atoms with Gasteiger partial charge in [-0.2, -0.15) is 11.3 Å². The van der Waals surface area contributed by atoms with E-state index in [2.05, 4.69) is 122 Å². The van der Waals surface area contributed by atoms with Crippen LogP contribution in [0.2, 0.25) is 32.7 Å². The molecule has 1 radical (unpaired) electrons. The molecule has 1 aliphatic heterocycles. The SMILES string of the molecule is C[Si](C)(C)c1ccc(-c2[c-]cccc2)nc1.Cc1ccnc(-c2[c-]ccc3c2sc2c4c(ccc23)[Si](C)(C)c2ccccc2-4)c1.[Ir]. The van der Waals surface area contributed by atoms with Crippen molar-refractivity contribution >= 4 is 63.2 Å². The van der Waals surface area contributed by atoms with Crippen LogP contribution >= 0.6 is 11.3 Å². The molecule has 0 N–H and O–H groups in total. The van der Waals surface area contributed by atoms with Gasteiger partial charge in [0.25, 0.3) is 0 Å². The average molecular weight is 825 g/mol. The van der Waals surface area contributed by atoms with Crippen LogP contribution in [-0.4, -0.2) is 26.1 Å². The van der Waals surface area contributed by atoms with Crippen LogP contribution in [-0.2, 0) is 20.1 Å². The van der Waals surface area contributed by atoms with Crippen LogP contribution in [0, 0.1) is 19.1 Å². The van der Waals surface area contributed by atoms with E-state index < -0.39 is 16.1 Å². The number of hydrogen-bond acceptors (Lipinski definition) is 3. The molecule has 0 saturated heterocycles. The van der Waals surface area contributed by atoms with E-state index in [0.29, 0.717) is 0 Å². The van der Waals surface area contributed by atoms with E-state index in [1.54, 1.807) is 10.4 Å². The molecule has 1 aliphatic rings. The molecule has 4 heterocycles. The van der Waals surface area contributed by atoms with Gasteiger partial charge in [-0.05, 0) is 61.2 Å². The summed E-state index contributed by atoms with van der Waals surface area (Å²) in [6.07, 6.45) is 3.91. The van der Waals surface area contributed by atoms with Crippen molar-refractivity contribution in [3.8, 4) is 33.6 Å². The van der Waals surface area contributed by atoms with Crippen molar-refractivity contribution in [1.82, 2.24) is 9.97 Å². The van der Waals surface area contributed by atoms with Crippen LogP contribution < -0.4 is 15.6 Å². The number of aromatic nitrogens is 2. The van der Waals surface area contributed by atoms with Crippen molar-refractivity contribution < 1.29 is 20.1 Å². The van der Waals surface area contributed by atoms with Gasteiger partial charge >= 0.3 is 0 Å². The minimum Gasteiger partial charge on any atom is -0.305 e. The predicted octanol–water partition coefficient (Wildman–Crippen LogP) is 9.12. The fraction of sp³-hybridized carbons (Fsp3) is 0.150. The topological polar surface area (TPSA) is 25.8 Å². The maximum Gasteiger partial charge on any atom is 0.113 e. The number of benzene rings is 4. The van der Waals surface area contributed by atoms with E-state index in [-0.39, 0.29) is 20.1 Å². The van der Waals surface area contributed by atoms with Crippen LogP contribution in [0.15, 0.2) is 109 Å². The molecule has 0 atom stereocenters. The minimum absolute atomic E-state index is 0. The molecule has 8 rings (SSSR count). The van der Waals surface area contributed by atoms with Gasteiger partial charge in [0.2, 0.25) is 0 Å². The molecule has 0 fully saturated rings. The van der Waals surface area contributed by atoms with Gasteiger partial charge in [-0.25, -0.2) is 0 Å². The number of pyridine rings is 2. The first-order valence-electron chi connectivity index (χ1n) is 15.5. The number of fused-ring (bicyclic) bond motifs is 7. The van der Waals surface area contributed by atoms with E-state index >= 15 is 0 Å². The predicted molar refractivity (Wildman–Crippen MR) is 200 cm³/mol. The van der Waals surface area contributed by atoms with Gasteiger partial charge in [0.15, 0.2) is 0 Å². The van der Waals surface area contributed by atoms with Crippen molar-refractivity contribution in [2.24, 2.45) is 0 Å². The zero-order valence-corrected chi connectivity index (χ0v) is 32.2. The molecular formula is C40H36IrN2SSi2-2. The fourth-order valence-electron chi connectivity index (χ4n) is 6.40. The largest absolute Gasteiger partial charge is 0.305 e. The summed E-state index contributed by atoms with van der Waals surface area (Å²) in [5.74, 6) is 0. The van der Waals surface area contributed by atoms with Crippen LogP contribution in [0.3, 0.4) is 0 Å². The number of nitrogens with zero attached hydrogens (tertiary/aromatic N) is 2. The monoisotopic (exact) mass is 825 g/mol. The van der Waals surface area contributed by atoms with E-state index in [1.165, 1.54) is 42.0 Å². The summed E-state index contributed by atoms with van der Waals surface area (Å²) in [5.41, 5.74) is 8.32. The Labute approximate surface area is 292 Å². The second-order valence-corrected chi connectivity index (χ2v) is 23.8. The summed E-state index contributed by atoms with van der Waals surface area (Å²) in [6, 6.07) is 41.2. The third kappa shape index (κ3) is 5.78. The summed E-state index contributed by atoms with van der Waals surface area (Å²) in [7, 11) is -2.88. The standard InChI is InChI=1S/C26H20NSSi.C14H16NSi.Ir/c1-16-13-14-27-21(15-16)19-9-6-8-17-18-11-12-23-24(26(18)28-25(17)19)20-7-4-5-10-22(20)29(23,2)3;1-16(2,3)13-9-10-14(15-11-13)12-7-5-4-6-8-12;/h4-8,10-15H,1-3H3;4-7,9-11H,1-3H3;/q2*-1;. The Morgan fingerprint density at radius 2 is 1.50 bits per heavy atom. The van der Waals surface area contributed by atoms with Gasteiger partial charge in [-0.15, -0.1) is 59.7 Å². The molecule has 0 amide bonds. The second kappa shape index (κ2) is 12.6. The summed E-state index contributed by atoms with van der Waals surface area (Å²) in [6.45, 7) is 14.1. The molecule has 0 unspecified atom stereocenters. The molecular weight excluding hydrogens is 789 g/mol. The summed E-state index contributed by atoms with van der Waals surface area (Å²) in [4.78, 5) is 9.16. The average Bonchev–Trinajstić information content (AvgIpc) is 3.54. The van der Waals surface area contributed by atoms with Crippen LogP contribution in [0.5, 0.6) is 0 Å². The molecule has 231 valence electrons. The van der Waals surface area contributed by atoms with E-state index in [1.807, 2.05) is 60.1 Å². The molecule has 7 aromatic rings. The normalized spacial score (nSPS) is 13.0. The van der Waals surface area contributed by atoms with Crippen LogP contribution in [0.1, 0.15) is 5.56 Å². The zero-order valence-electron chi connectivity index (χ0n) is 27.0. The van der Waals surface area contributed by atoms with Gasteiger partial charge in [0.1, 0.15) is 8.07 Å². The van der Waals surface area contributed by atoms with Gasteiger partial charge in [0.05, 0.1) is 8.07 Å². The summed E-state index contributed by atoms with van der Waals surface area (Å²) < 4.78 is 2.70. The van der Waals surface area contributed by atoms with Crippen molar-refractivity contribution in [3.63, 3.8) is 0 Å². The van der Waals surface area contributed by atoms with E-state index in [0.717, 1.165) is 22.5 Å². The summed E-state index contributed by atoms with van der Waals surface area (Å²) >= 11 is 1.91. The van der Waals surface area contributed by atoms with Gasteiger partial charge in [-0.3, -0.25) is 0 Å². The second-order valence-electron chi connectivity index (χ2n) is 13.4. The quantitative estimate of drug-likeness (QED) is 0.131. The number of thiophene rings is 1. The van der Waals surface area contributed by atoms with Crippen molar-refractivity contribution in [2.75, 3.05) is 0 Å². The molecule has 46 heavy (non-hydrogen) atoms. The first-order valence-corrected chi connectivity index (χ1v) is 22.8. The first-order chi connectivity index (χ1) is 21.6. The van der Waals surface area contributed by atoms with Crippen molar-refractivity contribution in [2.45, 2.75) is 39.7 Å². The molecule has 2 nitrogen and oxygen atoms in total.